The van der Waals surface area contributed by atoms with Crippen LogP contribution in [0.25, 0.3) is 0 Å². The van der Waals surface area contributed by atoms with Crippen molar-refractivity contribution in [3.63, 3.8) is 0 Å². The maximum atomic E-state index is 13.2. The highest BCUT2D eigenvalue weighted by atomic mass is 19.1. The number of ether oxygens (including phenoxy) is 1. The molecule has 1 aromatic carbocycles. The number of nitrogens with two attached hydrogens (primary N) is 1. The SMILES string of the molecule is COc1cc(C)c(CN)c(O)c1F. The third kappa shape index (κ3) is 1.58. The fraction of sp³-hybridized carbons (Fsp3) is 0.333. The van der Waals surface area contributed by atoms with Crippen molar-refractivity contribution in [3.8, 4) is 11.5 Å². The Kier molecular flexibility index (Phi) is 2.72. The smallest absolute Gasteiger partial charge is 0.206 e. The molecule has 0 aliphatic heterocycles. The first-order valence-corrected chi connectivity index (χ1v) is 3.86. The molecule has 3 N–H and O–H groups in total. The summed E-state index contributed by atoms with van der Waals surface area (Å²) in [6, 6.07) is 1.51. The first-order chi connectivity index (χ1) is 6.11. The Hall–Kier alpha value is -1.29. The summed E-state index contributed by atoms with van der Waals surface area (Å²) in [7, 11) is 1.35. The average molecular weight is 185 g/mol. The molecule has 0 unspecified atom stereocenters. The highest BCUT2D eigenvalue weighted by Gasteiger charge is 2.14. The van der Waals surface area contributed by atoms with E-state index in [1.165, 1.54) is 13.2 Å². The molecule has 0 aliphatic rings. The summed E-state index contributed by atoms with van der Waals surface area (Å²) < 4.78 is 17.9. The summed E-state index contributed by atoms with van der Waals surface area (Å²) in [5.41, 5.74) is 6.48. The van der Waals surface area contributed by atoms with Crippen LogP contribution in [0.5, 0.6) is 11.5 Å². The number of halogens is 1. The van der Waals surface area contributed by atoms with Gasteiger partial charge in [0.2, 0.25) is 5.82 Å². The van der Waals surface area contributed by atoms with E-state index in [2.05, 4.69) is 0 Å². The van der Waals surface area contributed by atoms with Crippen LogP contribution >= 0.6 is 0 Å². The molecule has 0 saturated heterocycles. The van der Waals surface area contributed by atoms with Crippen molar-refractivity contribution in [2.24, 2.45) is 5.73 Å². The zero-order valence-electron chi connectivity index (χ0n) is 7.60. The number of aryl methyl sites for hydroxylation is 1. The minimum absolute atomic E-state index is 0.0344. The predicted molar refractivity (Wildman–Crippen MR) is 47.2 cm³/mol. The molecular formula is C9H12FNO2. The van der Waals surface area contributed by atoms with Gasteiger partial charge < -0.3 is 15.6 Å². The van der Waals surface area contributed by atoms with Crippen LogP contribution in [-0.2, 0) is 6.54 Å². The lowest BCUT2D eigenvalue weighted by Gasteiger charge is -2.10. The van der Waals surface area contributed by atoms with E-state index in [0.717, 1.165) is 5.56 Å². The molecule has 1 rings (SSSR count). The second-order valence-corrected chi connectivity index (χ2v) is 2.74. The van der Waals surface area contributed by atoms with Crippen LogP contribution in [0, 0.1) is 12.7 Å². The van der Waals surface area contributed by atoms with Crippen molar-refractivity contribution in [1.82, 2.24) is 0 Å². The van der Waals surface area contributed by atoms with Gasteiger partial charge >= 0.3 is 0 Å². The summed E-state index contributed by atoms with van der Waals surface area (Å²) in [5.74, 6) is -1.14. The molecule has 72 valence electrons. The number of benzene rings is 1. The topological polar surface area (TPSA) is 55.5 Å². The monoisotopic (exact) mass is 185 g/mol. The molecule has 0 heterocycles. The molecule has 0 spiro atoms. The van der Waals surface area contributed by atoms with Gasteiger partial charge in [-0.1, -0.05) is 0 Å². The van der Waals surface area contributed by atoms with Crippen molar-refractivity contribution in [3.05, 3.63) is 23.0 Å². The second kappa shape index (κ2) is 3.62. The van der Waals surface area contributed by atoms with Crippen LogP contribution in [0.3, 0.4) is 0 Å². The van der Waals surface area contributed by atoms with Crippen molar-refractivity contribution in [1.29, 1.82) is 0 Å². The Balaban J connectivity index is 3.37. The number of hydrogen-bond donors (Lipinski definition) is 2. The van der Waals surface area contributed by atoms with Gasteiger partial charge in [0.05, 0.1) is 7.11 Å². The molecule has 0 fully saturated rings. The average Bonchev–Trinajstić information content (AvgIpc) is 2.12. The van der Waals surface area contributed by atoms with Gasteiger partial charge in [-0.25, -0.2) is 0 Å². The highest BCUT2D eigenvalue weighted by molar-refractivity contribution is 5.46. The van der Waals surface area contributed by atoms with Crippen molar-refractivity contribution >= 4 is 0 Å². The quantitative estimate of drug-likeness (QED) is 0.730. The molecule has 0 amide bonds. The number of hydrogen-bond acceptors (Lipinski definition) is 3. The predicted octanol–water partition coefficient (Wildman–Crippen LogP) is 1.31. The van der Waals surface area contributed by atoms with Gasteiger partial charge in [-0.2, -0.15) is 4.39 Å². The first-order valence-electron chi connectivity index (χ1n) is 3.86. The summed E-state index contributed by atoms with van der Waals surface area (Å²) >= 11 is 0. The third-order valence-corrected chi connectivity index (χ3v) is 1.96. The Labute approximate surface area is 75.9 Å². The molecule has 0 aliphatic carbocycles. The minimum Gasteiger partial charge on any atom is -0.504 e. The molecule has 0 atom stereocenters. The van der Waals surface area contributed by atoms with Crippen LogP contribution < -0.4 is 10.5 Å². The fourth-order valence-electron chi connectivity index (χ4n) is 1.19. The maximum absolute atomic E-state index is 13.2. The molecule has 0 saturated carbocycles. The van der Waals surface area contributed by atoms with Gasteiger partial charge in [-0.3, -0.25) is 0 Å². The molecule has 0 bridgehead atoms. The summed E-state index contributed by atoms with van der Waals surface area (Å²) in [5, 5.41) is 9.36. The molecule has 0 aromatic heterocycles. The first kappa shape index (κ1) is 9.80. The zero-order chi connectivity index (χ0) is 10.0. The second-order valence-electron chi connectivity index (χ2n) is 2.74. The lowest BCUT2D eigenvalue weighted by Crippen LogP contribution is -2.02. The molecule has 13 heavy (non-hydrogen) atoms. The van der Waals surface area contributed by atoms with E-state index in [9.17, 15) is 9.50 Å². The number of methoxy groups -OCH3 is 1. The molecular weight excluding hydrogens is 173 g/mol. The lowest BCUT2D eigenvalue weighted by atomic mass is 10.1. The highest BCUT2D eigenvalue weighted by Crippen LogP contribution is 2.31. The van der Waals surface area contributed by atoms with E-state index in [4.69, 9.17) is 10.5 Å². The zero-order valence-corrected chi connectivity index (χ0v) is 7.60. The maximum Gasteiger partial charge on any atom is 0.206 e. The normalized spacial score (nSPS) is 10.2. The number of phenolic OH excluding ortho intramolecular Hbond substituents is 1. The van der Waals surface area contributed by atoms with Gasteiger partial charge in [0, 0.05) is 12.1 Å². The molecule has 0 radical (unpaired) electrons. The van der Waals surface area contributed by atoms with Gasteiger partial charge in [0.25, 0.3) is 0 Å². The van der Waals surface area contributed by atoms with Gasteiger partial charge in [-0.15, -0.1) is 0 Å². The summed E-state index contributed by atoms with van der Waals surface area (Å²) in [4.78, 5) is 0. The Bertz CT molecular complexity index is 326. The molecule has 1 aromatic rings. The van der Waals surface area contributed by atoms with Gasteiger partial charge in [0.1, 0.15) is 0 Å². The lowest BCUT2D eigenvalue weighted by molar-refractivity contribution is 0.361. The van der Waals surface area contributed by atoms with E-state index in [1.807, 2.05) is 0 Å². The van der Waals surface area contributed by atoms with E-state index in [1.54, 1.807) is 6.92 Å². The van der Waals surface area contributed by atoms with E-state index < -0.39 is 11.6 Å². The van der Waals surface area contributed by atoms with Crippen LogP contribution in [0.4, 0.5) is 4.39 Å². The van der Waals surface area contributed by atoms with Crippen molar-refractivity contribution in [2.75, 3.05) is 7.11 Å². The van der Waals surface area contributed by atoms with E-state index in [-0.39, 0.29) is 12.3 Å². The van der Waals surface area contributed by atoms with E-state index >= 15 is 0 Å². The Morgan fingerprint density at radius 3 is 2.69 bits per heavy atom. The van der Waals surface area contributed by atoms with Crippen molar-refractivity contribution < 1.29 is 14.2 Å². The minimum atomic E-state index is -0.756. The third-order valence-electron chi connectivity index (χ3n) is 1.96. The van der Waals surface area contributed by atoms with Gasteiger partial charge in [-0.05, 0) is 18.6 Å². The summed E-state index contributed by atoms with van der Waals surface area (Å²) in [6.07, 6.45) is 0. The van der Waals surface area contributed by atoms with Crippen LogP contribution in [0.2, 0.25) is 0 Å². The van der Waals surface area contributed by atoms with E-state index in [0.29, 0.717) is 5.56 Å². The number of rotatable bonds is 2. The number of phenols is 1. The standard InChI is InChI=1S/C9H12FNO2/c1-5-3-7(13-2)8(10)9(12)6(5)4-11/h3,12H,4,11H2,1-2H3. The fourth-order valence-corrected chi connectivity index (χ4v) is 1.19. The van der Waals surface area contributed by atoms with Crippen LogP contribution in [-0.4, -0.2) is 12.2 Å². The van der Waals surface area contributed by atoms with Crippen LogP contribution in [0.1, 0.15) is 11.1 Å². The number of aromatic hydroxyl groups is 1. The van der Waals surface area contributed by atoms with Crippen molar-refractivity contribution in [2.45, 2.75) is 13.5 Å². The summed E-state index contributed by atoms with van der Waals surface area (Å²) in [6.45, 7) is 1.85. The van der Waals surface area contributed by atoms with Gasteiger partial charge in [0.15, 0.2) is 11.5 Å². The molecule has 4 heteroatoms. The Morgan fingerprint density at radius 1 is 1.62 bits per heavy atom. The van der Waals surface area contributed by atoms with Crippen LogP contribution in [0.15, 0.2) is 6.07 Å². The Morgan fingerprint density at radius 2 is 2.23 bits per heavy atom. The largest absolute Gasteiger partial charge is 0.504 e. The molecule has 3 nitrogen and oxygen atoms in total.